The number of nitrogens with zero attached hydrogens (tertiary/aromatic N) is 1. The van der Waals surface area contributed by atoms with E-state index in [-0.39, 0.29) is 11.7 Å². The maximum atomic E-state index is 12.1. The van der Waals surface area contributed by atoms with Gasteiger partial charge in [-0.25, -0.2) is 0 Å². The second-order valence-electron chi connectivity index (χ2n) is 4.75. The van der Waals surface area contributed by atoms with Crippen molar-refractivity contribution in [3.05, 3.63) is 23.8 Å². The zero-order chi connectivity index (χ0) is 12.4. The molecule has 4 nitrogen and oxygen atoms in total. The Morgan fingerprint density at radius 3 is 2.82 bits per heavy atom. The van der Waals surface area contributed by atoms with E-state index in [0.29, 0.717) is 17.2 Å². The van der Waals surface area contributed by atoms with E-state index >= 15 is 0 Å². The van der Waals surface area contributed by atoms with Gasteiger partial charge in [0.25, 0.3) is 5.91 Å². The number of anilines is 1. The third kappa shape index (κ3) is 2.52. The molecule has 2 rings (SSSR count). The van der Waals surface area contributed by atoms with Crippen molar-refractivity contribution in [2.45, 2.75) is 19.3 Å². The summed E-state index contributed by atoms with van der Waals surface area (Å²) in [7, 11) is 1.78. The van der Waals surface area contributed by atoms with Gasteiger partial charge >= 0.3 is 0 Å². The molecule has 0 bridgehead atoms. The van der Waals surface area contributed by atoms with Crippen LogP contribution in [0.5, 0.6) is 5.75 Å². The first-order valence-corrected chi connectivity index (χ1v) is 5.92. The normalized spacial score (nSPS) is 15.4. The molecule has 1 fully saturated rings. The average molecular weight is 234 g/mol. The van der Waals surface area contributed by atoms with Crippen LogP contribution >= 0.6 is 0 Å². The summed E-state index contributed by atoms with van der Waals surface area (Å²) < 4.78 is 0. The van der Waals surface area contributed by atoms with E-state index in [9.17, 15) is 9.90 Å². The quantitative estimate of drug-likeness (QED) is 0.619. The summed E-state index contributed by atoms with van der Waals surface area (Å²) in [6, 6.07) is 4.47. The van der Waals surface area contributed by atoms with Crippen LogP contribution in [0.3, 0.4) is 0 Å². The Labute approximate surface area is 101 Å². The van der Waals surface area contributed by atoms with Crippen LogP contribution < -0.4 is 5.73 Å². The van der Waals surface area contributed by atoms with E-state index in [1.807, 2.05) is 0 Å². The highest BCUT2D eigenvalue weighted by Crippen LogP contribution is 2.27. The standard InChI is InChI=1S/C13H18N2O2/c1-15(8-9-3-2-4-9)13(17)11-7-10(16)5-6-12(11)14/h5-7,9,16H,2-4,8,14H2,1H3. The molecule has 1 amide bonds. The number of hydrogen-bond acceptors (Lipinski definition) is 3. The summed E-state index contributed by atoms with van der Waals surface area (Å²) in [6.07, 6.45) is 3.67. The molecule has 4 heteroatoms. The zero-order valence-corrected chi connectivity index (χ0v) is 10.0. The van der Waals surface area contributed by atoms with E-state index in [2.05, 4.69) is 0 Å². The molecule has 3 N–H and O–H groups in total. The third-order valence-corrected chi connectivity index (χ3v) is 3.37. The largest absolute Gasteiger partial charge is 0.508 e. The van der Waals surface area contributed by atoms with Gasteiger partial charge in [-0.05, 0) is 37.0 Å². The van der Waals surface area contributed by atoms with E-state index in [1.54, 1.807) is 18.0 Å². The van der Waals surface area contributed by atoms with Gasteiger partial charge in [-0.2, -0.15) is 0 Å². The summed E-state index contributed by atoms with van der Waals surface area (Å²) >= 11 is 0. The van der Waals surface area contributed by atoms with Crippen LogP contribution in [0.15, 0.2) is 18.2 Å². The second-order valence-corrected chi connectivity index (χ2v) is 4.75. The van der Waals surface area contributed by atoms with Gasteiger partial charge in [-0.3, -0.25) is 4.79 Å². The molecular weight excluding hydrogens is 216 g/mol. The van der Waals surface area contributed by atoms with Crippen LogP contribution in [0.1, 0.15) is 29.6 Å². The Morgan fingerprint density at radius 2 is 2.24 bits per heavy atom. The van der Waals surface area contributed by atoms with Gasteiger partial charge < -0.3 is 15.7 Å². The second kappa shape index (κ2) is 4.65. The number of aromatic hydroxyl groups is 1. The lowest BCUT2D eigenvalue weighted by Crippen LogP contribution is -2.34. The number of phenols is 1. The fourth-order valence-corrected chi connectivity index (χ4v) is 2.08. The fourth-order valence-electron chi connectivity index (χ4n) is 2.08. The number of nitrogens with two attached hydrogens (primary N) is 1. The zero-order valence-electron chi connectivity index (χ0n) is 10.0. The minimum absolute atomic E-state index is 0.0691. The number of amides is 1. The van der Waals surface area contributed by atoms with Gasteiger partial charge in [0.2, 0.25) is 0 Å². The SMILES string of the molecule is CN(CC1CCC1)C(=O)c1cc(O)ccc1N. The highest BCUT2D eigenvalue weighted by atomic mass is 16.3. The minimum atomic E-state index is -0.120. The monoisotopic (exact) mass is 234 g/mol. The topological polar surface area (TPSA) is 66.6 Å². The minimum Gasteiger partial charge on any atom is -0.508 e. The lowest BCUT2D eigenvalue weighted by molar-refractivity contribution is 0.0746. The molecule has 0 aromatic heterocycles. The van der Waals surface area contributed by atoms with Gasteiger partial charge in [0.15, 0.2) is 0 Å². The molecule has 0 unspecified atom stereocenters. The summed E-state index contributed by atoms with van der Waals surface area (Å²) in [5.74, 6) is 0.576. The Morgan fingerprint density at radius 1 is 1.53 bits per heavy atom. The Kier molecular flexibility index (Phi) is 3.22. The van der Waals surface area contributed by atoms with Crippen molar-refractivity contribution in [3.63, 3.8) is 0 Å². The number of rotatable bonds is 3. The number of carbonyl (C=O) groups excluding carboxylic acids is 1. The van der Waals surface area contributed by atoms with Crippen LogP contribution in [0.4, 0.5) is 5.69 Å². The van der Waals surface area contributed by atoms with Gasteiger partial charge in [0, 0.05) is 19.3 Å². The smallest absolute Gasteiger partial charge is 0.255 e. The summed E-state index contributed by atoms with van der Waals surface area (Å²) in [4.78, 5) is 13.8. The summed E-state index contributed by atoms with van der Waals surface area (Å²) in [5.41, 5.74) is 6.54. The van der Waals surface area contributed by atoms with E-state index < -0.39 is 0 Å². The van der Waals surface area contributed by atoms with Crippen molar-refractivity contribution in [1.29, 1.82) is 0 Å². The van der Waals surface area contributed by atoms with Gasteiger partial charge in [0.1, 0.15) is 5.75 Å². The fraction of sp³-hybridized carbons (Fsp3) is 0.462. The molecule has 0 radical (unpaired) electrons. The molecule has 17 heavy (non-hydrogen) atoms. The molecule has 0 saturated heterocycles. The molecule has 1 aromatic carbocycles. The summed E-state index contributed by atoms with van der Waals surface area (Å²) in [6.45, 7) is 0.772. The van der Waals surface area contributed by atoms with E-state index in [1.165, 1.54) is 31.4 Å². The number of benzene rings is 1. The predicted molar refractivity (Wildman–Crippen MR) is 66.8 cm³/mol. The third-order valence-electron chi connectivity index (χ3n) is 3.37. The van der Waals surface area contributed by atoms with Gasteiger partial charge in [0.05, 0.1) is 5.56 Å². The Bertz CT molecular complexity index is 427. The molecular formula is C13H18N2O2. The van der Waals surface area contributed by atoms with Crippen LogP contribution in [-0.2, 0) is 0 Å². The van der Waals surface area contributed by atoms with Crippen molar-refractivity contribution in [3.8, 4) is 5.75 Å². The van der Waals surface area contributed by atoms with Crippen LogP contribution in [0, 0.1) is 5.92 Å². The van der Waals surface area contributed by atoms with Crippen LogP contribution in [-0.4, -0.2) is 29.5 Å². The lowest BCUT2D eigenvalue weighted by atomic mass is 9.85. The number of phenolic OH excluding ortho intramolecular Hbond substituents is 1. The molecule has 1 aliphatic rings. The molecule has 0 atom stereocenters. The first-order chi connectivity index (χ1) is 8.08. The molecule has 0 spiro atoms. The lowest BCUT2D eigenvalue weighted by Gasteiger charge is -2.30. The van der Waals surface area contributed by atoms with Gasteiger partial charge in [-0.15, -0.1) is 0 Å². The van der Waals surface area contributed by atoms with Crippen molar-refractivity contribution < 1.29 is 9.90 Å². The van der Waals surface area contributed by atoms with Crippen LogP contribution in [0.25, 0.3) is 0 Å². The van der Waals surface area contributed by atoms with Crippen molar-refractivity contribution >= 4 is 11.6 Å². The number of hydrogen-bond donors (Lipinski definition) is 2. The predicted octanol–water partition coefficient (Wildman–Crippen LogP) is 1.85. The maximum Gasteiger partial charge on any atom is 0.255 e. The first kappa shape index (κ1) is 11.8. The first-order valence-electron chi connectivity index (χ1n) is 5.92. The Balaban J connectivity index is 2.09. The number of nitrogen functional groups attached to an aromatic ring is 1. The molecule has 92 valence electrons. The molecule has 1 aromatic rings. The highest BCUT2D eigenvalue weighted by molar-refractivity contribution is 5.99. The molecule has 1 aliphatic carbocycles. The number of carbonyl (C=O) groups is 1. The van der Waals surface area contributed by atoms with Crippen LogP contribution in [0.2, 0.25) is 0 Å². The average Bonchev–Trinajstić information content (AvgIpc) is 2.25. The summed E-state index contributed by atoms with van der Waals surface area (Å²) in [5, 5.41) is 9.38. The van der Waals surface area contributed by atoms with Crippen molar-refractivity contribution in [2.24, 2.45) is 5.92 Å². The van der Waals surface area contributed by atoms with Gasteiger partial charge in [-0.1, -0.05) is 6.42 Å². The van der Waals surface area contributed by atoms with E-state index in [4.69, 9.17) is 5.73 Å². The molecule has 1 saturated carbocycles. The van der Waals surface area contributed by atoms with Crippen molar-refractivity contribution in [1.82, 2.24) is 4.90 Å². The van der Waals surface area contributed by atoms with E-state index in [0.717, 1.165) is 6.54 Å². The van der Waals surface area contributed by atoms with Crippen molar-refractivity contribution in [2.75, 3.05) is 19.3 Å². The Hall–Kier alpha value is -1.71. The molecule has 0 heterocycles. The molecule has 0 aliphatic heterocycles. The highest BCUT2D eigenvalue weighted by Gasteiger charge is 2.23. The maximum absolute atomic E-state index is 12.1.